The SMILES string of the molecule is Cc1cc(Br)ccc1NC(=O)c1n[nH]c2c1CN(C(=O)OC(C)(C)C)CC2. The van der Waals surface area contributed by atoms with Crippen LogP contribution in [0.5, 0.6) is 0 Å². The van der Waals surface area contributed by atoms with Gasteiger partial charge >= 0.3 is 6.09 Å². The molecule has 0 radical (unpaired) electrons. The summed E-state index contributed by atoms with van der Waals surface area (Å²) in [7, 11) is 0. The molecular formula is C19H23BrN4O3. The third-order valence-corrected chi connectivity index (χ3v) is 4.73. The van der Waals surface area contributed by atoms with E-state index in [0.29, 0.717) is 25.2 Å². The number of aromatic nitrogens is 2. The molecule has 2 heterocycles. The molecule has 0 fully saturated rings. The Bertz CT molecular complexity index is 886. The second-order valence-corrected chi connectivity index (χ2v) is 8.51. The summed E-state index contributed by atoms with van der Waals surface area (Å²) in [4.78, 5) is 26.7. The average Bonchev–Trinajstić information content (AvgIpc) is 2.99. The minimum Gasteiger partial charge on any atom is -0.444 e. The summed E-state index contributed by atoms with van der Waals surface area (Å²) in [5, 5.41) is 10.0. The second-order valence-electron chi connectivity index (χ2n) is 7.59. The molecule has 0 bridgehead atoms. The van der Waals surface area contributed by atoms with E-state index in [1.54, 1.807) is 4.90 Å². The van der Waals surface area contributed by atoms with Crippen LogP contribution in [0.25, 0.3) is 0 Å². The van der Waals surface area contributed by atoms with Crippen molar-refractivity contribution in [3.8, 4) is 0 Å². The molecule has 27 heavy (non-hydrogen) atoms. The first-order valence-corrected chi connectivity index (χ1v) is 9.55. The lowest BCUT2D eigenvalue weighted by Crippen LogP contribution is -2.40. The summed E-state index contributed by atoms with van der Waals surface area (Å²) in [6.45, 7) is 8.23. The fraction of sp³-hybridized carbons (Fsp3) is 0.421. The number of aromatic amines is 1. The molecule has 0 saturated heterocycles. The Balaban J connectivity index is 1.77. The molecule has 2 N–H and O–H groups in total. The largest absolute Gasteiger partial charge is 0.444 e. The number of rotatable bonds is 2. The molecular weight excluding hydrogens is 412 g/mol. The molecule has 2 aromatic rings. The number of ether oxygens (including phenoxy) is 1. The summed E-state index contributed by atoms with van der Waals surface area (Å²) in [5.74, 6) is -0.302. The van der Waals surface area contributed by atoms with Crippen molar-refractivity contribution < 1.29 is 14.3 Å². The topological polar surface area (TPSA) is 87.3 Å². The summed E-state index contributed by atoms with van der Waals surface area (Å²) >= 11 is 3.41. The van der Waals surface area contributed by atoms with Gasteiger partial charge in [0.25, 0.3) is 5.91 Å². The van der Waals surface area contributed by atoms with Gasteiger partial charge in [-0.1, -0.05) is 15.9 Å². The van der Waals surface area contributed by atoms with Crippen LogP contribution in [0.15, 0.2) is 22.7 Å². The Morgan fingerprint density at radius 1 is 1.33 bits per heavy atom. The highest BCUT2D eigenvalue weighted by Crippen LogP contribution is 2.24. The number of carbonyl (C=O) groups is 2. The Morgan fingerprint density at radius 2 is 2.07 bits per heavy atom. The Labute approximate surface area is 166 Å². The summed E-state index contributed by atoms with van der Waals surface area (Å²) < 4.78 is 6.39. The Kier molecular flexibility index (Phi) is 5.28. The molecule has 1 aromatic heterocycles. The maximum absolute atomic E-state index is 12.7. The number of hydrogen-bond donors (Lipinski definition) is 2. The zero-order valence-corrected chi connectivity index (χ0v) is 17.4. The zero-order chi connectivity index (χ0) is 19.8. The fourth-order valence-corrected chi connectivity index (χ4v) is 3.39. The normalized spacial score (nSPS) is 13.9. The van der Waals surface area contributed by atoms with Crippen molar-refractivity contribution in [3.05, 3.63) is 45.2 Å². The van der Waals surface area contributed by atoms with E-state index in [9.17, 15) is 9.59 Å². The van der Waals surface area contributed by atoms with Gasteiger partial charge in [0.1, 0.15) is 5.60 Å². The highest BCUT2D eigenvalue weighted by molar-refractivity contribution is 9.10. The summed E-state index contributed by atoms with van der Waals surface area (Å²) in [6.07, 6.45) is 0.219. The molecule has 1 aliphatic heterocycles. The van der Waals surface area contributed by atoms with Crippen molar-refractivity contribution >= 4 is 33.6 Å². The van der Waals surface area contributed by atoms with Crippen molar-refractivity contribution in [2.75, 3.05) is 11.9 Å². The van der Waals surface area contributed by atoms with Crippen molar-refractivity contribution in [1.29, 1.82) is 0 Å². The van der Waals surface area contributed by atoms with Crippen molar-refractivity contribution in [1.82, 2.24) is 15.1 Å². The maximum atomic E-state index is 12.7. The fourth-order valence-electron chi connectivity index (χ4n) is 2.91. The number of anilines is 1. The molecule has 0 aliphatic carbocycles. The quantitative estimate of drug-likeness (QED) is 0.746. The number of hydrogen-bond acceptors (Lipinski definition) is 4. The second kappa shape index (κ2) is 7.34. The predicted octanol–water partition coefficient (Wildman–Crippen LogP) is 4.03. The molecule has 144 valence electrons. The lowest BCUT2D eigenvalue weighted by atomic mass is 10.1. The van der Waals surface area contributed by atoms with Crippen LogP contribution < -0.4 is 5.32 Å². The molecule has 7 nitrogen and oxygen atoms in total. The van der Waals surface area contributed by atoms with Crippen LogP contribution in [0.4, 0.5) is 10.5 Å². The van der Waals surface area contributed by atoms with Crippen LogP contribution in [0, 0.1) is 6.92 Å². The molecule has 1 aromatic carbocycles. The Morgan fingerprint density at radius 3 is 2.74 bits per heavy atom. The van der Waals surface area contributed by atoms with E-state index >= 15 is 0 Å². The van der Waals surface area contributed by atoms with Gasteiger partial charge in [-0.25, -0.2) is 4.79 Å². The maximum Gasteiger partial charge on any atom is 0.410 e. The van der Waals surface area contributed by atoms with Gasteiger partial charge in [0.2, 0.25) is 0 Å². The van der Waals surface area contributed by atoms with Crippen molar-refractivity contribution in [2.45, 2.75) is 46.3 Å². The lowest BCUT2D eigenvalue weighted by molar-refractivity contribution is 0.0222. The van der Waals surface area contributed by atoms with Crippen LogP contribution in [-0.2, 0) is 17.7 Å². The smallest absolute Gasteiger partial charge is 0.410 e. The van der Waals surface area contributed by atoms with Gasteiger partial charge in [0.05, 0.1) is 6.54 Å². The number of aryl methyl sites for hydroxylation is 1. The van der Waals surface area contributed by atoms with Gasteiger partial charge < -0.3 is 15.0 Å². The van der Waals surface area contributed by atoms with Crippen LogP contribution in [-0.4, -0.2) is 39.2 Å². The van der Waals surface area contributed by atoms with E-state index in [1.165, 1.54) is 0 Å². The standard InChI is InChI=1S/C19H23BrN4O3/c1-11-9-12(20)5-6-14(11)21-17(25)16-13-10-24(8-7-15(13)22-23-16)18(26)27-19(2,3)4/h5-6,9H,7-8,10H2,1-4H3,(H,21,25)(H,22,23). The van der Waals surface area contributed by atoms with Gasteiger partial charge in [-0.05, 0) is 51.5 Å². The first-order chi connectivity index (χ1) is 12.6. The van der Waals surface area contributed by atoms with Crippen LogP contribution in [0.1, 0.15) is 48.1 Å². The molecule has 3 rings (SSSR count). The van der Waals surface area contributed by atoms with Crippen molar-refractivity contribution in [2.24, 2.45) is 0 Å². The number of nitrogens with zero attached hydrogens (tertiary/aromatic N) is 2. The van der Waals surface area contributed by atoms with Crippen LogP contribution in [0.2, 0.25) is 0 Å². The third-order valence-electron chi connectivity index (χ3n) is 4.24. The highest BCUT2D eigenvalue weighted by Gasteiger charge is 2.30. The summed E-state index contributed by atoms with van der Waals surface area (Å²) in [5.41, 5.74) is 3.03. The molecule has 0 unspecified atom stereocenters. The minimum absolute atomic E-state index is 0.294. The highest BCUT2D eigenvalue weighted by atomic mass is 79.9. The van der Waals surface area contributed by atoms with Gasteiger partial charge in [-0.3, -0.25) is 9.89 Å². The molecule has 2 amide bonds. The molecule has 8 heteroatoms. The number of carbonyl (C=O) groups excluding carboxylic acids is 2. The summed E-state index contributed by atoms with van der Waals surface area (Å²) in [6, 6.07) is 5.64. The van der Waals surface area contributed by atoms with Crippen molar-refractivity contribution in [3.63, 3.8) is 0 Å². The van der Waals surface area contributed by atoms with Crippen LogP contribution in [0.3, 0.4) is 0 Å². The van der Waals surface area contributed by atoms with Gasteiger partial charge in [0, 0.05) is 34.4 Å². The van der Waals surface area contributed by atoms with E-state index < -0.39 is 5.60 Å². The number of amides is 2. The number of halogens is 1. The average molecular weight is 435 g/mol. The molecule has 1 aliphatic rings. The molecule has 0 saturated carbocycles. The number of benzene rings is 1. The molecule has 0 atom stereocenters. The van der Waals surface area contributed by atoms with E-state index in [-0.39, 0.29) is 12.0 Å². The lowest BCUT2D eigenvalue weighted by Gasteiger charge is -2.30. The molecule has 0 spiro atoms. The third kappa shape index (κ3) is 4.50. The van der Waals surface area contributed by atoms with Gasteiger partial charge in [0.15, 0.2) is 5.69 Å². The Hall–Kier alpha value is -2.35. The van der Waals surface area contributed by atoms with E-state index in [1.807, 2.05) is 45.9 Å². The first-order valence-electron chi connectivity index (χ1n) is 8.75. The number of fused-ring (bicyclic) bond motifs is 1. The van der Waals surface area contributed by atoms with E-state index in [2.05, 4.69) is 31.4 Å². The monoisotopic (exact) mass is 434 g/mol. The van der Waals surface area contributed by atoms with E-state index in [0.717, 1.165) is 27.0 Å². The van der Waals surface area contributed by atoms with Gasteiger partial charge in [-0.15, -0.1) is 0 Å². The van der Waals surface area contributed by atoms with E-state index in [4.69, 9.17) is 4.74 Å². The van der Waals surface area contributed by atoms with Crippen LogP contribution >= 0.6 is 15.9 Å². The number of H-pyrrole nitrogens is 1. The predicted molar refractivity (Wildman–Crippen MR) is 106 cm³/mol. The minimum atomic E-state index is -0.562. The van der Waals surface area contributed by atoms with Gasteiger partial charge in [-0.2, -0.15) is 5.10 Å². The zero-order valence-electron chi connectivity index (χ0n) is 15.9. The number of nitrogens with one attached hydrogen (secondary N) is 2. The first kappa shape index (κ1) is 19.4.